The maximum atomic E-state index is 5.26. The quantitative estimate of drug-likeness (QED) is 0.303. The van der Waals surface area contributed by atoms with E-state index in [4.69, 9.17) is 11.1 Å². The molecule has 0 aliphatic carbocycles. The van der Waals surface area contributed by atoms with Crippen molar-refractivity contribution in [2.24, 2.45) is 11.1 Å². The van der Waals surface area contributed by atoms with E-state index in [0.29, 0.717) is 5.84 Å². The first-order chi connectivity index (χ1) is 2.94. The van der Waals surface area contributed by atoms with Gasteiger partial charge in [0, 0.05) is 0 Å². The molecule has 0 fully saturated rings. The number of nitrogens with two attached hydrogens (primary N) is 2. The maximum Gasteiger partial charge on any atom is 0.243 e. The minimum absolute atomic E-state index is 0.0278. The molecule has 42 valence electrons. The monoisotopic (exact) mass is 101 g/mol. The van der Waals surface area contributed by atoms with E-state index in [2.05, 4.69) is 0 Å². The van der Waals surface area contributed by atoms with Crippen LogP contribution in [0.3, 0.4) is 0 Å². The fourth-order valence-electron chi connectivity index (χ4n) is 0. The van der Waals surface area contributed by atoms with Crippen molar-refractivity contribution in [3.63, 3.8) is 0 Å². The van der Waals surface area contributed by atoms with Gasteiger partial charge in [-0.2, -0.15) is 0 Å². The summed E-state index contributed by atoms with van der Waals surface area (Å²) in [5.41, 5.74) is 5.24. The van der Waals surface area contributed by atoms with Crippen molar-refractivity contribution < 1.29 is 5.41 Å². The molecule has 0 aromatic heterocycles. The summed E-state index contributed by atoms with van der Waals surface area (Å²) in [5.74, 6) is 0.493. The molecule has 2 nitrogen and oxygen atoms in total. The Balaban J connectivity index is 3.79. The third-order valence-corrected chi connectivity index (χ3v) is 0.866. The molecule has 0 saturated carbocycles. The average Bonchev–Trinajstić information content (AvgIpc) is 1.31. The number of rotatable bonds is 0. The minimum atomic E-state index is -0.0278. The Labute approximate surface area is 44.2 Å². The molecule has 2 heteroatoms. The number of hydrogen-bond donors (Lipinski definition) is 2. The number of amidine groups is 1. The zero-order valence-electron chi connectivity index (χ0n) is 5.15. The van der Waals surface area contributed by atoms with Crippen LogP contribution in [0.1, 0.15) is 20.8 Å². The van der Waals surface area contributed by atoms with E-state index in [0.717, 1.165) is 0 Å². The van der Waals surface area contributed by atoms with Crippen molar-refractivity contribution in [1.82, 2.24) is 0 Å². The molecule has 0 aromatic rings. The van der Waals surface area contributed by atoms with Crippen molar-refractivity contribution in [3.05, 3.63) is 0 Å². The minimum Gasteiger partial charge on any atom is -0.291 e. The van der Waals surface area contributed by atoms with Gasteiger partial charge in [0.15, 0.2) is 0 Å². The smallest absolute Gasteiger partial charge is 0.243 e. The van der Waals surface area contributed by atoms with Crippen molar-refractivity contribution in [2.75, 3.05) is 0 Å². The average molecular weight is 101 g/mol. The largest absolute Gasteiger partial charge is 0.291 e. The third-order valence-electron chi connectivity index (χ3n) is 0.866. The van der Waals surface area contributed by atoms with Crippen LogP contribution in [0.25, 0.3) is 0 Å². The van der Waals surface area contributed by atoms with Crippen LogP contribution >= 0.6 is 0 Å². The van der Waals surface area contributed by atoms with Gasteiger partial charge < -0.3 is 0 Å². The lowest BCUT2D eigenvalue weighted by Gasteiger charge is -2.08. The molecule has 7 heavy (non-hydrogen) atoms. The fourth-order valence-corrected chi connectivity index (χ4v) is 0. The highest BCUT2D eigenvalue weighted by atomic mass is 14.7. The first-order valence-electron chi connectivity index (χ1n) is 2.33. The van der Waals surface area contributed by atoms with Crippen LogP contribution < -0.4 is 11.1 Å². The Hall–Kier alpha value is -0.530. The zero-order valence-corrected chi connectivity index (χ0v) is 5.15. The van der Waals surface area contributed by atoms with E-state index in [1.807, 2.05) is 20.8 Å². The van der Waals surface area contributed by atoms with Crippen LogP contribution in [-0.4, -0.2) is 5.84 Å². The fraction of sp³-hybridized carbons (Fsp3) is 0.800. The molecule has 0 atom stereocenters. The summed E-state index contributed by atoms with van der Waals surface area (Å²) in [7, 11) is 0. The van der Waals surface area contributed by atoms with Gasteiger partial charge in [-0.3, -0.25) is 11.1 Å². The topological polar surface area (TPSA) is 51.6 Å². The molecule has 0 aromatic carbocycles. The zero-order chi connectivity index (χ0) is 6.08. The summed E-state index contributed by atoms with van der Waals surface area (Å²) in [6, 6.07) is 0. The third kappa shape index (κ3) is 2.20. The van der Waals surface area contributed by atoms with Crippen LogP contribution in [0.2, 0.25) is 0 Å². The lowest BCUT2D eigenvalue weighted by molar-refractivity contribution is -0.125. The Morgan fingerprint density at radius 2 is 1.57 bits per heavy atom. The molecule has 0 aliphatic rings. The Bertz CT molecular complexity index is 78.6. The van der Waals surface area contributed by atoms with Gasteiger partial charge in [0.05, 0.1) is 5.41 Å². The van der Waals surface area contributed by atoms with E-state index in [9.17, 15) is 0 Å². The van der Waals surface area contributed by atoms with Gasteiger partial charge in [-0.15, -0.1) is 0 Å². The molecular weight excluding hydrogens is 88.1 g/mol. The Morgan fingerprint density at radius 1 is 1.43 bits per heavy atom. The first-order valence-corrected chi connectivity index (χ1v) is 2.33. The maximum absolute atomic E-state index is 5.26. The molecule has 0 aliphatic heterocycles. The van der Waals surface area contributed by atoms with Crippen LogP contribution in [0.5, 0.6) is 0 Å². The van der Waals surface area contributed by atoms with Crippen LogP contribution in [0.4, 0.5) is 0 Å². The molecule has 0 rings (SSSR count). The van der Waals surface area contributed by atoms with Gasteiger partial charge in [0.2, 0.25) is 5.84 Å². The summed E-state index contributed by atoms with van der Waals surface area (Å²) in [4.78, 5) is 0. The summed E-state index contributed by atoms with van der Waals surface area (Å²) in [6.07, 6.45) is 0. The van der Waals surface area contributed by atoms with E-state index in [-0.39, 0.29) is 5.41 Å². The standard InChI is InChI=1S/C5H12N2/c1-5(2,3)4(6)7/h1-3H3,(H3,6,7)/p+1. The van der Waals surface area contributed by atoms with Gasteiger partial charge >= 0.3 is 0 Å². The lowest BCUT2D eigenvalue weighted by atomic mass is 9.96. The molecule has 0 heterocycles. The van der Waals surface area contributed by atoms with Crippen molar-refractivity contribution in [2.45, 2.75) is 20.8 Å². The lowest BCUT2D eigenvalue weighted by Crippen LogP contribution is -2.52. The second kappa shape index (κ2) is 1.52. The van der Waals surface area contributed by atoms with Gasteiger partial charge in [0.1, 0.15) is 0 Å². The van der Waals surface area contributed by atoms with E-state index < -0.39 is 0 Å². The molecule has 0 unspecified atom stereocenters. The van der Waals surface area contributed by atoms with Crippen LogP contribution in [0.15, 0.2) is 0 Å². The predicted octanol–water partition coefficient (Wildman–Crippen LogP) is -0.851. The normalized spacial score (nSPS) is 11.3. The van der Waals surface area contributed by atoms with Gasteiger partial charge in [0.25, 0.3) is 0 Å². The van der Waals surface area contributed by atoms with Crippen LogP contribution in [-0.2, 0) is 0 Å². The molecule has 0 radical (unpaired) electrons. The second-order valence-corrected chi connectivity index (χ2v) is 2.71. The van der Waals surface area contributed by atoms with Crippen molar-refractivity contribution in [1.29, 1.82) is 0 Å². The van der Waals surface area contributed by atoms with Crippen molar-refractivity contribution >= 4 is 5.84 Å². The summed E-state index contributed by atoms with van der Waals surface area (Å²) < 4.78 is 0. The molecule has 0 bridgehead atoms. The highest BCUT2D eigenvalue weighted by molar-refractivity contribution is 5.79. The van der Waals surface area contributed by atoms with Gasteiger partial charge in [-0.1, -0.05) is 0 Å². The van der Waals surface area contributed by atoms with E-state index in [1.54, 1.807) is 0 Å². The van der Waals surface area contributed by atoms with Gasteiger partial charge in [-0.05, 0) is 20.8 Å². The Morgan fingerprint density at radius 3 is 1.57 bits per heavy atom. The SMILES string of the molecule is CC(C)(C)C(N)=[NH2+]. The Kier molecular flexibility index (Phi) is 1.41. The summed E-state index contributed by atoms with van der Waals surface area (Å²) >= 11 is 0. The number of hydrogen-bond acceptors (Lipinski definition) is 0. The predicted molar refractivity (Wildman–Crippen MR) is 30.6 cm³/mol. The molecule has 0 spiro atoms. The van der Waals surface area contributed by atoms with Gasteiger partial charge in [-0.25, -0.2) is 0 Å². The summed E-state index contributed by atoms with van der Waals surface area (Å²) in [6.45, 7) is 5.92. The molecule has 0 saturated heterocycles. The summed E-state index contributed by atoms with van der Waals surface area (Å²) in [5, 5.41) is 5.26. The highest BCUT2D eigenvalue weighted by Crippen LogP contribution is 2.08. The second-order valence-electron chi connectivity index (χ2n) is 2.71. The highest BCUT2D eigenvalue weighted by Gasteiger charge is 2.17. The van der Waals surface area contributed by atoms with Crippen LogP contribution in [0, 0.1) is 5.41 Å². The first kappa shape index (κ1) is 6.47. The molecule has 4 N–H and O–H groups in total. The molecular formula is C5H13N2+. The van der Waals surface area contributed by atoms with Crippen molar-refractivity contribution in [3.8, 4) is 0 Å². The van der Waals surface area contributed by atoms with E-state index >= 15 is 0 Å². The molecule has 0 amide bonds. The van der Waals surface area contributed by atoms with E-state index in [1.165, 1.54) is 0 Å².